The van der Waals surface area contributed by atoms with E-state index in [2.05, 4.69) is 9.82 Å². The van der Waals surface area contributed by atoms with E-state index in [0.29, 0.717) is 16.7 Å². The van der Waals surface area contributed by atoms with Gasteiger partial charge in [-0.15, -0.1) is 0 Å². The minimum Gasteiger partial charge on any atom is -0.267 e. The predicted octanol–water partition coefficient (Wildman–Crippen LogP) is 3.76. The fourth-order valence-corrected chi connectivity index (χ4v) is 4.19. The molecule has 128 valence electrons. The molecule has 0 aliphatic carbocycles. The molecule has 0 bridgehead atoms. The van der Waals surface area contributed by atoms with Gasteiger partial charge >= 0.3 is 0 Å². The standard InChI is InChI=1S/C17H13ClFN3O2S/c18-16-15(17-21-25(23,24)9-8-22(17)20-16)12-6-7-13(14(19)10-12)11-4-2-1-3-5-11/h1-7,10,21H,8-9H2. The average Bonchev–Trinajstić information content (AvgIpc) is 2.89. The Hall–Kier alpha value is -2.38. The summed E-state index contributed by atoms with van der Waals surface area (Å²) in [7, 11) is -3.44. The van der Waals surface area contributed by atoms with Crippen molar-refractivity contribution in [2.24, 2.45) is 0 Å². The molecule has 1 N–H and O–H groups in total. The molecule has 5 nitrogen and oxygen atoms in total. The van der Waals surface area contributed by atoms with Gasteiger partial charge in [-0.25, -0.2) is 17.5 Å². The van der Waals surface area contributed by atoms with Crippen LogP contribution in [0.1, 0.15) is 0 Å². The van der Waals surface area contributed by atoms with Crippen LogP contribution >= 0.6 is 11.6 Å². The molecular formula is C17H13ClFN3O2S. The Labute approximate surface area is 149 Å². The maximum atomic E-state index is 14.6. The number of hydrogen-bond acceptors (Lipinski definition) is 3. The van der Waals surface area contributed by atoms with Gasteiger partial charge in [-0.2, -0.15) is 5.10 Å². The third kappa shape index (κ3) is 2.89. The summed E-state index contributed by atoms with van der Waals surface area (Å²) in [6, 6.07) is 13.9. The molecule has 0 saturated heterocycles. The van der Waals surface area contributed by atoms with Crippen LogP contribution in [0.4, 0.5) is 10.2 Å². The van der Waals surface area contributed by atoms with Gasteiger partial charge in [0.2, 0.25) is 10.0 Å². The monoisotopic (exact) mass is 377 g/mol. The fourth-order valence-electron chi connectivity index (χ4n) is 2.88. The van der Waals surface area contributed by atoms with Gasteiger partial charge in [0.15, 0.2) is 5.15 Å². The molecule has 2 heterocycles. The lowest BCUT2D eigenvalue weighted by Crippen LogP contribution is -2.28. The number of rotatable bonds is 2. The molecule has 0 spiro atoms. The number of fused-ring (bicyclic) bond motifs is 1. The fraction of sp³-hybridized carbons (Fsp3) is 0.118. The second-order valence-corrected chi connectivity index (χ2v) is 7.92. The zero-order valence-corrected chi connectivity index (χ0v) is 14.5. The molecule has 0 fully saturated rings. The zero-order valence-electron chi connectivity index (χ0n) is 12.9. The number of hydrogen-bond donors (Lipinski definition) is 1. The summed E-state index contributed by atoms with van der Waals surface area (Å²) in [6.45, 7) is 0.203. The van der Waals surface area contributed by atoms with Crippen molar-refractivity contribution in [2.75, 3.05) is 10.5 Å². The Bertz CT molecular complexity index is 1060. The molecule has 0 saturated carbocycles. The number of halogens is 2. The van der Waals surface area contributed by atoms with Crippen molar-refractivity contribution >= 4 is 27.4 Å². The number of benzene rings is 2. The largest absolute Gasteiger partial charge is 0.267 e. The van der Waals surface area contributed by atoms with E-state index in [1.165, 1.54) is 10.7 Å². The number of aromatic nitrogens is 2. The topological polar surface area (TPSA) is 64.0 Å². The van der Waals surface area contributed by atoms with Crippen molar-refractivity contribution in [3.63, 3.8) is 0 Å². The number of sulfonamides is 1. The maximum absolute atomic E-state index is 14.6. The van der Waals surface area contributed by atoms with Crippen LogP contribution in [-0.2, 0) is 16.6 Å². The highest BCUT2D eigenvalue weighted by atomic mass is 35.5. The SMILES string of the molecule is O=S1(=O)CCn2nc(Cl)c(-c3ccc(-c4ccccc4)c(F)c3)c2N1. The van der Waals surface area contributed by atoms with E-state index in [1.54, 1.807) is 12.1 Å². The van der Waals surface area contributed by atoms with Crippen molar-refractivity contribution < 1.29 is 12.8 Å². The summed E-state index contributed by atoms with van der Waals surface area (Å²) in [6.07, 6.45) is 0. The highest BCUT2D eigenvalue weighted by Crippen LogP contribution is 2.38. The van der Waals surface area contributed by atoms with Gasteiger partial charge in [-0.3, -0.25) is 4.72 Å². The molecule has 3 aromatic rings. The van der Waals surface area contributed by atoms with E-state index in [9.17, 15) is 12.8 Å². The highest BCUT2D eigenvalue weighted by Gasteiger charge is 2.27. The quantitative estimate of drug-likeness (QED) is 0.739. The van der Waals surface area contributed by atoms with Crippen LogP contribution in [0.2, 0.25) is 5.15 Å². The van der Waals surface area contributed by atoms with Crippen LogP contribution in [0.3, 0.4) is 0 Å². The zero-order chi connectivity index (χ0) is 17.6. The lowest BCUT2D eigenvalue weighted by atomic mass is 10.0. The van der Waals surface area contributed by atoms with Gasteiger partial charge in [0, 0.05) is 5.56 Å². The maximum Gasteiger partial charge on any atom is 0.235 e. The first-order valence-corrected chi connectivity index (χ1v) is 9.60. The van der Waals surface area contributed by atoms with E-state index < -0.39 is 15.8 Å². The summed E-state index contributed by atoms with van der Waals surface area (Å²) in [4.78, 5) is 0. The van der Waals surface area contributed by atoms with E-state index in [1.807, 2.05) is 30.3 Å². The Kier molecular flexibility index (Phi) is 3.77. The minimum atomic E-state index is -3.44. The number of aryl methyl sites for hydroxylation is 1. The lowest BCUT2D eigenvalue weighted by molar-refractivity contribution is 0.577. The third-order valence-electron chi connectivity index (χ3n) is 4.08. The Morgan fingerprint density at radius 1 is 1.12 bits per heavy atom. The normalized spacial score (nSPS) is 15.4. The average molecular weight is 378 g/mol. The number of nitrogens with zero attached hydrogens (tertiary/aromatic N) is 2. The van der Waals surface area contributed by atoms with Crippen LogP contribution in [0.25, 0.3) is 22.3 Å². The molecule has 1 aliphatic heterocycles. The molecule has 1 aliphatic rings. The highest BCUT2D eigenvalue weighted by molar-refractivity contribution is 7.92. The molecule has 1 aromatic heterocycles. The molecule has 2 aromatic carbocycles. The van der Waals surface area contributed by atoms with E-state index in [4.69, 9.17) is 11.6 Å². The van der Waals surface area contributed by atoms with Gasteiger partial charge in [-0.1, -0.05) is 54.1 Å². The summed E-state index contributed by atoms with van der Waals surface area (Å²) in [5, 5.41) is 4.27. The van der Waals surface area contributed by atoms with E-state index in [0.717, 1.165) is 5.56 Å². The first-order valence-electron chi connectivity index (χ1n) is 7.57. The lowest BCUT2D eigenvalue weighted by Gasteiger charge is -2.17. The molecular weight excluding hydrogens is 365 g/mol. The van der Waals surface area contributed by atoms with Gasteiger partial charge in [-0.05, 0) is 17.2 Å². The minimum absolute atomic E-state index is 0.0707. The van der Waals surface area contributed by atoms with E-state index >= 15 is 0 Å². The van der Waals surface area contributed by atoms with Crippen LogP contribution in [0.15, 0.2) is 48.5 Å². The van der Waals surface area contributed by atoms with Crippen LogP contribution in [0, 0.1) is 5.82 Å². The van der Waals surface area contributed by atoms with Crippen LogP contribution < -0.4 is 4.72 Å². The number of nitrogens with one attached hydrogen (secondary N) is 1. The predicted molar refractivity (Wildman–Crippen MR) is 95.5 cm³/mol. The summed E-state index contributed by atoms with van der Waals surface area (Å²) >= 11 is 6.18. The first-order chi connectivity index (χ1) is 11.9. The van der Waals surface area contributed by atoms with Gasteiger partial charge < -0.3 is 0 Å². The van der Waals surface area contributed by atoms with Gasteiger partial charge in [0.05, 0.1) is 17.9 Å². The van der Waals surface area contributed by atoms with E-state index in [-0.39, 0.29) is 23.3 Å². The summed E-state index contributed by atoms with van der Waals surface area (Å²) in [5.41, 5.74) is 2.06. The Morgan fingerprint density at radius 3 is 2.60 bits per heavy atom. The second kappa shape index (κ2) is 5.86. The first kappa shape index (κ1) is 16.1. The second-order valence-electron chi connectivity index (χ2n) is 5.72. The van der Waals surface area contributed by atoms with Gasteiger partial charge in [0.25, 0.3) is 0 Å². The van der Waals surface area contributed by atoms with Crippen molar-refractivity contribution in [3.8, 4) is 22.3 Å². The third-order valence-corrected chi connectivity index (χ3v) is 5.57. The summed E-state index contributed by atoms with van der Waals surface area (Å²) < 4.78 is 42.3. The van der Waals surface area contributed by atoms with Crippen molar-refractivity contribution in [2.45, 2.75) is 6.54 Å². The van der Waals surface area contributed by atoms with Crippen LogP contribution in [-0.4, -0.2) is 24.0 Å². The molecule has 4 rings (SSSR count). The van der Waals surface area contributed by atoms with Crippen LogP contribution in [0.5, 0.6) is 0 Å². The molecule has 0 amide bonds. The van der Waals surface area contributed by atoms with Crippen molar-refractivity contribution in [1.29, 1.82) is 0 Å². The summed E-state index contributed by atoms with van der Waals surface area (Å²) in [5.74, 6) is -0.222. The Morgan fingerprint density at radius 2 is 1.88 bits per heavy atom. The van der Waals surface area contributed by atoms with Crippen molar-refractivity contribution in [3.05, 3.63) is 59.5 Å². The molecule has 0 atom stereocenters. The molecule has 0 radical (unpaired) electrons. The van der Waals surface area contributed by atoms with Crippen molar-refractivity contribution in [1.82, 2.24) is 9.78 Å². The molecule has 25 heavy (non-hydrogen) atoms. The number of anilines is 1. The molecule has 0 unspecified atom stereocenters. The smallest absolute Gasteiger partial charge is 0.235 e. The molecule has 8 heteroatoms. The Balaban J connectivity index is 1.82. The van der Waals surface area contributed by atoms with Gasteiger partial charge in [0.1, 0.15) is 11.6 Å².